The summed E-state index contributed by atoms with van der Waals surface area (Å²) in [6.45, 7) is 3.24. The first-order chi connectivity index (χ1) is 8.33. The van der Waals surface area contributed by atoms with Gasteiger partial charge in [0.1, 0.15) is 12.4 Å². The van der Waals surface area contributed by atoms with Crippen molar-refractivity contribution in [2.75, 3.05) is 39.5 Å². The van der Waals surface area contributed by atoms with Crippen LogP contribution in [0.2, 0.25) is 0 Å². The maximum atomic E-state index is 8.49. The lowest BCUT2D eigenvalue weighted by molar-refractivity contribution is 0.0935. The van der Waals surface area contributed by atoms with Crippen LogP contribution in [0.5, 0.6) is 5.75 Å². The van der Waals surface area contributed by atoms with E-state index < -0.39 is 0 Å². The second kappa shape index (κ2) is 9.41. The maximum Gasteiger partial charge on any atom is 0.120 e. The lowest BCUT2D eigenvalue weighted by Gasteiger charge is -2.08. The Kier molecular flexibility index (Phi) is 8.00. The Morgan fingerprint density at radius 1 is 1.18 bits per heavy atom. The number of halogens is 1. The summed E-state index contributed by atoms with van der Waals surface area (Å²) in [6.07, 6.45) is 0. The lowest BCUT2D eigenvalue weighted by Crippen LogP contribution is -2.25. The van der Waals surface area contributed by atoms with Crippen LogP contribution in [-0.2, 0) is 4.74 Å². The lowest BCUT2D eigenvalue weighted by atomic mass is 10.3. The van der Waals surface area contributed by atoms with Gasteiger partial charge in [0.25, 0.3) is 0 Å². The Bertz CT molecular complexity index is 310. The van der Waals surface area contributed by atoms with Crippen molar-refractivity contribution in [1.29, 1.82) is 0 Å². The molecule has 0 fully saturated rings. The summed E-state index contributed by atoms with van der Waals surface area (Å²) in [6, 6.07) is 7.76. The van der Waals surface area contributed by atoms with Crippen LogP contribution in [0.4, 0.5) is 0 Å². The molecular weight excluding hydrogens is 286 g/mol. The average Bonchev–Trinajstić information content (AvgIpc) is 2.33. The number of rotatable bonds is 9. The predicted octanol–water partition coefficient (Wildman–Crippen LogP) is 1.43. The number of hydrogen-bond acceptors (Lipinski definition) is 4. The van der Waals surface area contributed by atoms with Crippen molar-refractivity contribution in [1.82, 2.24) is 5.32 Å². The topological polar surface area (TPSA) is 50.7 Å². The Labute approximate surface area is 110 Å². The minimum Gasteiger partial charge on any atom is -0.492 e. The highest BCUT2D eigenvalue weighted by Gasteiger charge is 1.94. The van der Waals surface area contributed by atoms with Crippen molar-refractivity contribution in [3.05, 3.63) is 28.7 Å². The molecule has 0 unspecified atom stereocenters. The van der Waals surface area contributed by atoms with Gasteiger partial charge in [-0.05, 0) is 18.2 Å². The minimum atomic E-state index is 0.0754. The van der Waals surface area contributed by atoms with E-state index in [0.29, 0.717) is 19.8 Å². The van der Waals surface area contributed by atoms with E-state index in [1.807, 2.05) is 24.3 Å². The van der Waals surface area contributed by atoms with E-state index in [1.54, 1.807) is 0 Å². The molecule has 0 saturated heterocycles. The fourth-order valence-corrected chi connectivity index (χ4v) is 1.61. The van der Waals surface area contributed by atoms with Crippen LogP contribution in [0.1, 0.15) is 0 Å². The van der Waals surface area contributed by atoms with Gasteiger partial charge in [-0.2, -0.15) is 0 Å². The summed E-state index contributed by atoms with van der Waals surface area (Å²) in [4.78, 5) is 0. The van der Waals surface area contributed by atoms with Crippen molar-refractivity contribution < 1.29 is 14.6 Å². The van der Waals surface area contributed by atoms with Gasteiger partial charge < -0.3 is 19.9 Å². The summed E-state index contributed by atoms with van der Waals surface area (Å²) in [5.74, 6) is 0.859. The first-order valence-electron chi connectivity index (χ1n) is 5.60. The third-order valence-corrected chi connectivity index (χ3v) is 2.50. The van der Waals surface area contributed by atoms with E-state index in [4.69, 9.17) is 14.6 Å². The molecule has 0 radical (unpaired) electrons. The van der Waals surface area contributed by atoms with Gasteiger partial charge in [0.05, 0.1) is 19.8 Å². The molecule has 0 amide bonds. The first-order valence-corrected chi connectivity index (χ1v) is 6.40. The van der Waals surface area contributed by atoms with E-state index in [0.717, 1.165) is 23.3 Å². The molecule has 0 saturated carbocycles. The molecule has 0 bridgehead atoms. The zero-order chi connectivity index (χ0) is 12.3. The van der Waals surface area contributed by atoms with Crippen molar-refractivity contribution >= 4 is 15.9 Å². The summed E-state index contributed by atoms with van der Waals surface area (Å²) in [5, 5.41) is 11.7. The van der Waals surface area contributed by atoms with Crippen LogP contribution in [0.15, 0.2) is 28.7 Å². The number of hydrogen-bond donors (Lipinski definition) is 2. The standard InChI is InChI=1S/C12H18BrNO3/c13-11-2-1-3-12(10-11)17-8-5-14-4-7-16-9-6-15/h1-3,10,14-15H,4-9H2. The molecule has 0 heterocycles. The molecule has 1 rings (SSSR count). The Morgan fingerprint density at radius 2 is 2.00 bits per heavy atom. The zero-order valence-corrected chi connectivity index (χ0v) is 11.3. The monoisotopic (exact) mass is 303 g/mol. The van der Waals surface area contributed by atoms with Gasteiger partial charge in [-0.1, -0.05) is 22.0 Å². The van der Waals surface area contributed by atoms with Crippen LogP contribution in [0.3, 0.4) is 0 Å². The highest BCUT2D eigenvalue weighted by Crippen LogP contribution is 2.17. The fourth-order valence-electron chi connectivity index (χ4n) is 1.23. The van der Waals surface area contributed by atoms with E-state index in [-0.39, 0.29) is 6.61 Å². The Hall–Kier alpha value is -0.620. The molecule has 5 heteroatoms. The number of aliphatic hydroxyl groups excluding tert-OH is 1. The van der Waals surface area contributed by atoms with Crippen LogP contribution < -0.4 is 10.1 Å². The number of ether oxygens (including phenoxy) is 2. The smallest absolute Gasteiger partial charge is 0.120 e. The maximum absolute atomic E-state index is 8.49. The Morgan fingerprint density at radius 3 is 2.76 bits per heavy atom. The second-order valence-corrected chi connectivity index (χ2v) is 4.31. The third kappa shape index (κ3) is 7.33. The molecule has 2 N–H and O–H groups in total. The molecule has 0 spiro atoms. The van der Waals surface area contributed by atoms with E-state index in [2.05, 4.69) is 21.2 Å². The second-order valence-electron chi connectivity index (χ2n) is 3.39. The molecule has 4 nitrogen and oxygen atoms in total. The molecule has 0 aliphatic heterocycles. The van der Waals surface area contributed by atoms with Gasteiger partial charge in [0.2, 0.25) is 0 Å². The van der Waals surface area contributed by atoms with Crippen LogP contribution in [-0.4, -0.2) is 44.6 Å². The molecule has 0 aromatic heterocycles. The van der Waals surface area contributed by atoms with Gasteiger partial charge in [-0.25, -0.2) is 0 Å². The van der Waals surface area contributed by atoms with Crippen LogP contribution in [0, 0.1) is 0 Å². The summed E-state index contributed by atoms with van der Waals surface area (Å²) < 4.78 is 11.7. The van der Waals surface area contributed by atoms with E-state index >= 15 is 0 Å². The quantitative estimate of drug-likeness (QED) is 0.678. The molecule has 0 aliphatic carbocycles. The minimum absolute atomic E-state index is 0.0754. The normalized spacial score (nSPS) is 10.5. The van der Waals surface area contributed by atoms with Crippen molar-refractivity contribution in [2.24, 2.45) is 0 Å². The van der Waals surface area contributed by atoms with Gasteiger partial charge >= 0.3 is 0 Å². The molecule has 0 atom stereocenters. The molecule has 0 aliphatic rings. The number of benzene rings is 1. The van der Waals surface area contributed by atoms with Crippen LogP contribution >= 0.6 is 15.9 Å². The van der Waals surface area contributed by atoms with Gasteiger partial charge in [0.15, 0.2) is 0 Å². The average molecular weight is 304 g/mol. The van der Waals surface area contributed by atoms with Crippen molar-refractivity contribution in [3.8, 4) is 5.75 Å². The molecular formula is C12H18BrNO3. The largest absolute Gasteiger partial charge is 0.492 e. The predicted molar refractivity (Wildman–Crippen MR) is 70.4 cm³/mol. The molecule has 1 aromatic rings. The first kappa shape index (κ1) is 14.4. The fraction of sp³-hybridized carbons (Fsp3) is 0.500. The van der Waals surface area contributed by atoms with Crippen molar-refractivity contribution in [2.45, 2.75) is 0 Å². The van der Waals surface area contributed by atoms with Crippen LogP contribution in [0.25, 0.3) is 0 Å². The summed E-state index contributed by atoms with van der Waals surface area (Å²) in [7, 11) is 0. The van der Waals surface area contributed by atoms with Gasteiger partial charge in [-0.15, -0.1) is 0 Å². The van der Waals surface area contributed by atoms with Gasteiger partial charge in [0, 0.05) is 17.6 Å². The highest BCUT2D eigenvalue weighted by atomic mass is 79.9. The third-order valence-electron chi connectivity index (χ3n) is 2.00. The SMILES string of the molecule is OCCOCCNCCOc1cccc(Br)c1. The Balaban J connectivity index is 1.97. The summed E-state index contributed by atoms with van der Waals surface area (Å²) >= 11 is 3.39. The molecule has 1 aromatic carbocycles. The highest BCUT2D eigenvalue weighted by molar-refractivity contribution is 9.10. The van der Waals surface area contributed by atoms with Crippen molar-refractivity contribution in [3.63, 3.8) is 0 Å². The molecule has 17 heavy (non-hydrogen) atoms. The zero-order valence-electron chi connectivity index (χ0n) is 9.69. The number of nitrogens with one attached hydrogen (secondary N) is 1. The summed E-state index contributed by atoms with van der Waals surface area (Å²) in [5.41, 5.74) is 0. The van der Waals surface area contributed by atoms with Gasteiger partial charge in [-0.3, -0.25) is 0 Å². The molecule has 96 valence electrons. The van der Waals surface area contributed by atoms with E-state index in [9.17, 15) is 0 Å². The number of aliphatic hydroxyl groups is 1. The van der Waals surface area contributed by atoms with E-state index in [1.165, 1.54) is 0 Å².